The number of ether oxygens (including phenoxy) is 1. The van der Waals surface area contributed by atoms with E-state index in [-0.39, 0.29) is 18.0 Å². The van der Waals surface area contributed by atoms with Gasteiger partial charge in [0.1, 0.15) is 17.3 Å². The third-order valence-electron chi connectivity index (χ3n) is 3.57. The first-order chi connectivity index (χ1) is 12.7. The van der Waals surface area contributed by atoms with E-state index in [4.69, 9.17) is 16.3 Å². The lowest BCUT2D eigenvalue weighted by Crippen LogP contribution is -2.08. The van der Waals surface area contributed by atoms with Crippen molar-refractivity contribution >= 4 is 33.5 Å². The van der Waals surface area contributed by atoms with Crippen LogP contribution in [0.1, 0.15) is 17.0 Å². The summed E-state index contributed by atoms with van der Waals surface area (Å²) < 4.78 is 45.9. The molecule has 27 heavy (non-hydrogen) atoms. The molecule has 5 nitrogen and oxygen atoms in total. The topological polar surface area (TPSA) is 62.8 Å². The van der Waals surface area contributed by atoms with E-state index in [9.17, 15) is 13.2 Å². The third-order valence-corrected chi connectivity index (χ3v) is 4.42. The Hall–Kier alpha value is -2.26. The van der Waals surface area contributed by atoms with Gasteiger partial charge in [-0.3, -0.25) is 0 Å². The van der Waals surface area contributed by atoms with Gasteiger partial charge in [0.15, 0.2) is 0 Å². The number of aromatic nitrogens is 3. The lowest BCUT2D eigenvalue weighted by molar-refractivity contribution is -0.138. The molecule has 0 unspecified atom stereocenters. The second-order valence-corrected chi connectivity index (χ2v) is 6.89. The molecule has 1 aromatic heterocycles. The van der Waals surface area contributed by atoms with Crippen LogP contribution >= 0.6 is 27.5 Å². The quantitative estimate of drug-likeness (QED) is 0.493. The normalized spacial score (nSPS) is 11.5. The molecule has 0 aliphatic rings. The molecule has 1 heterocycles. The van der Waals surface area contributed by atoms with Gasteiger partial charge in [0, 0.05) is 21.6 Å². The predicted molar refractivity (Wildman–Crippen MR) is 99.1 cm³/mol. The Kier molecular flexibility index (Phi) is 5.61. The van der Waals surface area contributed by atoms with Crippen molar-refractivity contribution in [1.82, 2.24) is 15.2 Å². The number of anilines is 1. The first kappa shape index (κ1) is 19.5. The summed E-state index contributed by atoms with van der Waals surface area (Å²) in [6.45, 7) is 1.93. The molecule has 0 aliphatic carbocycles. The molecular formula is C17H13BrClF3N4O. The van der Waals surface area contributed by atoms with Crippen LogP contribution < -0.4 is 10.1 Å². The fourth-order valence-corrected chi connectivity index (χ4v) is 2.93. The van der Waals surface area contributed by atoms with Gasteiger partial charge in [-0.1, -0.05) is 33.6 Å². The van der Waals surface area contributed by atoms with Gasteiger partial charge in [-0.05, 0) is 37.3 Å². The molecule has 3 rings (SSSR count). The summed E-state index contributed by atoms with van der Waals surface area (Å²) in [6, 6.07) is 8.48. The maximum Gasteiger partial charge on any atom is 0.420 e. The maximum absolute atomic E-state index is 13.3. The fourth-order valence-electron chi connectivity index (χ4n) is 2.34. The Labute approximate surface area is 166 Å². The number of H-pyrrole nitrogens is 1. The summed E-state index contributed by atoms with van der Waals surface area (Å²) in [5, 5.41) is 11.0. The Bertz CT molecular complexity index is 962. The summed E-state index contributed by atoms with van der Waals surface area (Å²) in [7, 11) is 0. The second-order valence-electron chi connectivity index (χ2n) is 5.57. The first-order valence-corrected chi connectivity index (χ1v) is 8.86. The molecule has 0 radical (unpaired) electrons. The van der Waals surface area contributed by atoms with Crippen molar-refractivity contribution in [1.29, 1.82) is 0 Å². The van der Waals surface area contributed by atoms with Crippen molar-refractivity contribution in [2.24, 2.45) is 0 Å². The van der Waals surface area contributed by atoms with Crippen LogP contribution in [0.3, 0.4) is 0 Å². The largest absolute Gasteiger partial charge is 0.456 e. The number of aromatic amines is 1. The predicted octanol–water partition coefficient (Wildman–Crippen LogP) is 5.95. The molecule has 2 N–H and O–H groups in total. The van der Waals surface area contributed by atoms with Gasteiger partial charge in [-0.15, -0.1) is 10.2 Å². The first-order valence-electron chi connectivity index (χ1n) is 7.69. The molecule has 142 valence electrons. The summed E-state index contributed by atoms with van der Waals surface area (Å²) in [6.07, 6.45) is -4.56. The van der Waals surface area contributed by atoms with Crippen LogP contribution in [0.5, 0.6) is 11.5 Å². The number of hydrogen-bond donors (Lipinski definition) is 2. The highest BCUT2D eigenvalue weighted by Crippen LogP contribution is 2.41. The molecular weight excluding hydrogens is 449 g/mol. The summed E-state index contributed by atoms with van der Waals surface area (Å²) in [4.78, 5) is 2.90. The van der Waals surface area contributed by atoms with Crippen molar-refractivity contribution in [3.63, 3.8) is 0 Å². The van der Waals surface area contributed by atoms with Crippen LogP contribution in [0.25, 0.3) is 0 Å². The standard InChI is InChI=1S/C17H13BrClF3N4O/c1-9-24-16(26-25-9)23-8-11-13(19)3-2-4-14(11)27-15-6-5-10(18)7-12(15)17(20,21)22/h2-7H,8H2,1H3,(H2,23,24,25,26). The molecule has 2 aromatic carbocycles. The van der Waals surface area contributed by atoms with Gasteiger partial charge >= 0.3 is 6.18 Å². The van der Waals surface area contributed by atoms with Crippen molar-refractivity contribution in [3.05, 3.63) is 62.8 Å². The van der Waals surface area contributed by atoms with E-state index in [1.54, 1.807) is 25.1 Å². The van der Waals surface area contributed by atoms with Gasteiger partial charge in [0.25, 0.3) is 0 Å². The lowest BCUT2D eigenvalue weighted by atomic mass is 10.1. The minimum absolute atomic E-state index is 0.182. The van der Waals surface area contributed by atoms with E-state index < -0.39 is 11.7 Å². The van der Waals surface area contributed by atoms with Crippen LogP contribution in [0, 0.1) is 6.92 Å². The molecule has 0 amide bonds. The monoisotopic (exact) mass is 460 g/mol. The number of hydrogen-bond acceptors (Lipinski definition) is 4. The highest BCUT2D eigenvalue weighted by atomic mass is 79.9. The third kappa shape index (κ3) is 4.72. The van der Waals surface area contributed by atoms with Crippen LogP contribution in [0.15, 0.2) is 40.9 Å². The van der Waals surface area contributed by atoms with Crippen molar-refractivity contribution in [2.75, 3.05) is 5.32 Å². The zero-order valence-electron chi connectivity index (χ0n) is 13.9. The van der Waals surface area contributed by atoms with E-state index in [0.717, 1.165) is 6.07 Å². The summed E-state index contributed by atoms with van der Waals surface area (Å²) in [5.41, 5.74) is -0.397. The lowest BCUT2D eigenvalue weighted by Gasteiger charge is -2.17. The zero-order valence-corrected chi connectivity index (χ0v) is 16.2. The maximum atomic E-state index is 13.3. The molecule has 0 atom stereocenters. The Morgan fingerprint density at radius 3 is 2.63 bits per heavy atom. The molecule has 10 heteroatoms. The molecule has 0 aliphatic heterocycles. The zero-order chi connectivity index (χ0) is 19.6. The van der Waals surface area contributed by atoms with Gasteiger partial charge in [0.05, 0.1) is 5.56 Å². The van der Waals surface area contributed by atoms with Gasteiger partial charge < -0.3 is 15.0 Å². The molecule has 0 saturated heterocycles. The van der Waals surface area contributed by atoms with Crippen LogP contribution in [0.2, 0.25) is 5.02 Å². The minimum atomic E-state index is -4.56. The second kappa shape index (κ2) is 7.77. The van der Waals surface area contributed by atoms with Gasteiger partial charge in [0.2, 0.25) is 5.95 Å². The summed E-state index contributed by atoms with van der Waals surface area (Å²) in [5.74, 6) is 0.930. The number of alkyl halides is 3. The van der Waals surface area contributed by atoms with Crippen molar-refractivity contribution < 1.29 is 17.9 Å². The Morgan fingerprint density at radius 1 is 1.19 bits per heavy atom. The van der Waals surface area contributed by atoms with Crippen molar-refractivity contribution in [2.45, 2.75) is 19.6 Å². The number of rotatable bonds is 5. The van der Waals surface area contributed by atoms with E-state index in [1.165, 1.54) is 12.1 Å². The van der Waals surface area contributed by atoms with Gasteiger partial charge in [-0.2, -0.15) is 13.2 Å². The highest BCUT2D eigenvalue weighted by Gasteiger charge is 2.35. The average molecular weight is 462 g/mol. The molecule has 0 fully saturated rings. The van der Waals surface area contributed by atoms with Crippen LogP contribution in [0.4, 0.5) is 19.1 Å². The van der Waals surface area contributed by atoms with Crippen molar-refractivity contribution in [3.8, 4) is 11.5 Å². The fraction of sp³-hybridized carbons (Fsp3) is 0.176. The molecule has 0 spiro atoms. The number of nitrogens with one attached hydrogen (secondary N) is 2. The number of benzene rings is 2. The SMILES string of the molecule is Cc1nnc(NCc2c(Cl)cccc2Oc2ccc(Br)cc2C(F)(F)F)[nH]1. The Morgan fingerprint density at radius 2 is 1.96 bits per heavy atom. The minimum Gasteiger partial charge on any atom is -0.456 e. The van der Waals surface area contributed by atoms with E-state index in [1.807, 2.05) is 0 Å². The van der Waals surface area contributed by atoms with Gasteiger partial charge in [-0.25, -0.2) is 0 Å². The Balaban J connectivity index is 1.91. The number of nitrogens with zero attached hydrogens (tertiary/aromatic N) is 2. The smallest absolute Gasteiger partial charge is 0.420 e. The van der Waals surface area contributed by atoms with E-state index in [2.05, 4.69) is 36.4 Å². The van der Waals surface area contributed by atoms with E-state index in [0.29, 0.717) is 26.8 Å². The molecule has 0 bridgehead atoms. The average Bonchev–Trinajstić information content (AvgIpc) is 3.00. The van der Waals surface area contributed by atoms with E-state index >= 15 is 0 Å². The molecule has 3 aromatic rings. The molecule has 0 saturated carbocycles. The highest BCUT2D eigenvalue weighted by molar-refractivity contribution is 9.10. The van der Waals surface area contributed by atoms with Crippen LogP contribution in [-0.4, -0.2) is 15.2 Å². The van der Waals surface area contributed by atoms with Crippen LogP contribution in [-0.2, 0) is 12.7 Å². The number of halogens is 5. The number of aryl methyl sites for hydroxylation is 1. The summed E-state index contributed by atoms with van der Waals surface area (Å²) >= 11 is 9.28.